The Hall–Kier alpha value is -3.03. The molecule has 11 nitrogen and oxygen atoms in total. The molecule has 14 heteroatoms. The zero-order valence-electron chi connectivity index (χ0n) is 19.8. The van der Waals surface area contributed by atoms with E-state index in [2.05, 4.69) is 25.1 Å². The molecule has 0 saturated carbocycles. The number of fused-ring (bicyclic) bond motifs is 1. The van der Waals surface area contributed by atoms with Gasteiger partial charge in [0.05, 0.1) is 21.3 Å². The number of rotatable bonds is 7. The van der Waals surface area contributed by atoms with Gasteiger partial charge < -0.3 is 9.64 Å². The van der Waals surface area contributed by atoms with E-state index in [1.165, 1.54) is 16.7 Å². The summed E-state index contributed by atoms with van der Waals surface area (Å²) in [5, 5.41) is 8.86. The summed E-state index contributed by atoms with van der Waals surface area (Å²) in [6, 6.07) is 5.42. The van der Waals surface area contributed by atoms with E-state index in [4.69, 9.17) is 33.7 Å². The normalized spacial score (nSPS) is 15.7. The third-order valence-electron chi connectivity index (χ3n) is 6.16. The largest absolute Gasteiger partial charge is 0.471 e. The van der Waals surface area contributed by atoms with Crippen molar-refractivity contribution in [3.63, 3.8) is 0 Å². The van der Waals surface area contributed by atoms with Crippen molar-refractivity contribution >= 4 is 50.1 Å². The van der Waals surface area contributed by atoms with Crippen molar-refractivity contribution < 1.29 is 13.2 Å². The van der Waals surface area contributed by atoms with E-state index in [0.717, 1.165) is 10.9 Å². The second-order valence-electron chi connectivity index (χ2n) is 8.39. The predicted octanol–water partition coefficient (Wildman–Crippen LogP) is 3.23. The number of aromatic nitrogens is 5. The Morgan fingerprint density at radius 2 is 1.76 bits per heavy atom. The topological polar surface area (TPSA) is 143 Å². The van der Waals surface area contributed by atoms with E-state index < -0.39 is 16.3 Å². The molecule has 4 heterocycles. The first-order valence-electron chi connectivity index (χ1n) is 11.5. The molecule has 1 aliphatic rings. The van der Waals surface area contributed by atoms with E-state index in [0.29, 0.717) is 64.7 Å². The maximum absolute atomic E-state index is 12.1. The van der Waals surface area contributed by atoms with Crippen LogP contribution in [0.15, 0.2) is 43.0 Å². The van der Waals surface area contributed by atoms with Crippen LogP contribution >= 0.6 is 23.2 Å². The fraction of sp³-hybridized carbons (Fsp3) is 0.304. The number of nitrogens with zero attached hydrogens (tertiary/aromatic N) is 6. The SMILES string of the molecule is CCS(=O)(=O)N1CCN(c2ncc(-c3n[nH]c4ccc(O[C@H](N)c5c(Cl)cncc5Cl)cc34)cn2)CC1. The summed E-state index contributed by atoms with van der Waals surface area (Å²) >= 11 is 12.4. The number of sulfonamides is 1. The van der Waals surface area contributed by atoms with Gasteiger partial charge in [0.2, 0.25) is 16.0 Å². The molecule has 0 aliphatic carbocycles. The van der Waals surface area contributed by atoms with Crippen LogP contribution in [0.1, 0.15) is 18.7 Å². The van der Waals surface area contributed by atoms with E-state index in [1.54, 1.807) is 25.4 Å². The molecule has 3 N–H and O–H groups in total. The first-order chi connectivity index (χ1) is 17.8. The van der Waals surface area contributed by atoms with E-state index >= 15 is 0 Å². The van der Waals surface area contributed by atoms with Crippen molar-refractivity contribution in [1.82, 2.24) is 29.5 Å². The molecule has 1 fully saturated rings. The lowest BCUT2D eigenvalue weighted by Gasteiger charge is -2.33. The summed E-state index contributed by atoms with van der Waals surface area (Å²) < 4.78 is 31.6. The highest BCUT2D eigenvalue weighted by atomic mass is 35.5. The van der Waals surface area contributed by atoms with Crippen molar-refractivity contribution in [1.29, 1.82) is 0 Å². The Labute approximate surface area is 223 Å². The zero-order chi connectivity index (χ0) is 26.2. The maximum Gasteiger partial charge on any atom is 0.225 e. The van der Waals surface area contributed by atoms with Crippen LogP contribution in [0.5, 0.6) is 5.75 Å². The third-order valence-corrected chi connectivity index (χ3v) is 8.65. The molecule has 5 rings (SSSR count). The summed E-state index contributed by atoms with van der Waals surface area (Å²) in [5.41, 5.74) is 8.83. The summed E-state index contributed by atoms with van der Waals surface area (Å²) in [4.78, 5) is 14.9. The van der Waals surface area contributed by atoms with E-state index in [1.807, 2.05) is 17.0 Å². The summed E-state index contributed by atoms with van der Waals surface area (Å²) in [6.07, 6.45) is 5.41. The number of nitrogens with two attached hydrogens (primary N) is 1. The highest BCUT2D eigenvalue weighted by Crippen LogP contribution is 2.33. The number of halogens is 2. The van der Waals surface area contributed by atoms with Crippen LogP contribution < -0.4 is 15.4 Å². The van der Waals surface area contributed by atoms with Gasteiger partial charge >= 0.3 is 0 Å². The molecule has 0 amide bonds. The van der Waals surface area contributed by atoms with Gasteiger partial charge in [-0.3, -0.25) is 15.8 Å². The van der Waals surface area contributed by atoms with Gasteiger partial charge in [-0.05, 0) is 25.1 Å². The molecule has 194 valence electrons. The van der Waals surface area contributed by atoms with Crippen LogP contribution in [-0.2, 0) is 10.0 Å². The fourth-order valence-electron chi connectivity index (χ4n) is 4.14. The predicted molar refractivity (Wildman–Crippen MR) is 142 cm³/mol. The molecule has 0 unspecified atom stereocenters. The first kappa shape index (κ1) is 25.6. The Kier molecular flexibility index (Phi) is 7.19. The number of ether oxygens (including phenoxy) is 1. The van der Waals surface area contributed by atoms with Gasteiger partial charge in [-0.1, -0.05) is 23.2 Å². The number of aromatic amines is 1. The molecule has 1 saturated heterocycles. The number of anilines is 1. The lowest BCUT2D eigenvalue weighted by atomic mass is 10.1. The molecule has 0 bridgehead atoms. The molecule has 3 aromatic heterocycles. The van der Waals surface area contributed by atoms with Gasteiger partial charge in [-0.2, -0.15) is 9.40 Å². The summed E-state index contributed by atoms with van der Waals surface area (Å²) in [6.45, 7) is 3.52. The molecule has 0 radical (unpaired) electrons. The van der Waals surface area contributed by atoms with Crippen molar-refractivity contribution in [2.24, 2.45) is 5.73 Å². The Morgan fingerprint density at radius 1 is 1.08 bits per heavy atom. The van der Waals surface area contributed by atoms with Crippen LogP contribution in [-0.4, -0.2) is 69.8 Å². The molecular weight excluding hydrogens is 539 g/mol. The molecule has 4 aromatic rings. The van der Waals surface area contributed by atoms with Gasteiger partial charge in [-0.15, -0.1) is 0 Å². The molecule has 0 spiro atoms. The van der Waals surface area contributed by atoms with E-state index in [-0.39, 0.29) is 5.75 Å². The van der Waals surface area contributed by atoms with Gasteiger partial charge in [0.25, 0.3) is 0 Å². The third kappa shape index (κ3) is 5.20. The molecule has 1 aliphatic heterocycles. The number of hydrogen-bond donors (Lipinski definition) is 2. The molecule has 37 heavy (non-hydrogen) atoms. The van der Waals surface area contributed by atoms with Gasteiger partial charge in [-0.25, -0.2) is 18.4 Å². The number of nitrogens with one attached hydrogen (secondary N) is 1. The second-order valence-corrected chi connectivity index (χ2v) is 11.5. The number of H-pyrrole nitrogens is 1. The van der Waals surface area contributed by atoms with Crippen molar-refractivity contribution in [3.8, 4) is 17.0 Å². The number of piperazine rings is 1. The monoisotopic (exact) mass is 562 g/mol. The summed E-state index contributed by atoms with van der Waals surface area (Å²) in [7, 11) is -3.20. The quantitative estimate of drug-likeness (QED) is 0.324. The average Bonchev–Trinajstić information content (AvgIpc) is 3.32. The number of hydrogen-bond acceptors (Lipinski definition) is 9. The molecular formula is C23H24Cl2N8O3S. The van der Waals surface area contributed by atoms with Crippen LogP contribution in [0.25, 0.3) is 22.2 Å². The Balaban J connectivity index is 1.33. The minimum atomic E-state index is -3.20. The Morgan fingerprint density at radius 3 is 2.41 bits per heavy atom. The number of pyridine rings is 1. The fourth-order valence-corrected chi connectivity index (χ4v) is 5.81. The number of benzene rings is 1. The lowest BCUT2D eigenvalue weighted by Crippen LogP contribution is -2.49. The zero-order valence-corrected chi connectivity index (χ0v) is 22.1. The first-order valence-corrected chi connectivity index (χ1v) is 13.9. The van der Waals surface area contributed by atoms with Crippen LogP contribution in [0.2, 0.25) is 10.0 Å². The highest BCUT2D eigenvalue weighted by molar-refractivity contribution is 7.89. The van der Waals surface area contributed by atoms with E-state index in [9.17, 15) is 8.42 Å². The maximum atomic E-state index is 12.1. The average molecular weight is 563 g/mol. The minimum absolute atomic E-state index is 0.0970. The Bertz CT molecular complexity index is 1500. The lowest BCUT2D eigenvalue weighted by molar-refractivity contribution is 0.214. The smallest absolute Gasteiger partial charge is 0.225 e. The van der Waals surface area contributed by atoms with Crippen molar-refractivity contribution in [2.45, 2.75) is 13.2 Å². The van der Waals surface area contributed by atoms with Crippen LogP contribution in [0, 0.1) is 0 Å². The second kappa shape index (κ2) is 10.4. The van der Waals surface area contributed by atoms with Crippen molar-refractivity contribution in [3.05, 3.63) is 58.6 Å². The van der Waals surface area contributed by atoms with Gasteiger partial charge in [0.1, 0.15) is 11.4 Å². The minimum Gasteiger partial charge on any atom is -0.471 e. The van der Waals surface area contributed by atoms with Crippen molar-refractivity contribution in [2.75, 3.05) is 36.8 Å². The van der Waals surface area contributed by atoms with Gasteiger partial charge in [0.15, 0.2) is 6.23 Å². The molecule has 1 atom stereocenters. The summed E-state index contributed by atoms with van der Waals surface area (Å²) in [5.74, 6) is 1.14. The van der Waals surface area contributed by atoms with Gasteiger partial charge in [0, 0.05) is 67.5 Å². The van der Waals surface area contributed by atoms with Crippen LogP contribution in [0.4, 0.5) is 5.95 Å². The standard InChI is InChI=1S/C23H24Cl2N8O3S/c1-2-37(34,35)33-7-5-32(6-8-33)23-28-10-14(11-29-23)21-16-9-15(3-4-19(16)30-31-21)36-22(26)20-17(24)12-27-13-18(20)25/h3-4,9-13,22H,2,5-8,26H2,1H3,(H,30,31)/t22-/m0/s1. The molecule has 1 aromatic carbocycles. The van der Waals surface area contributed by atoms with Crippen LogP contribution in [0.3, 0.4) is 0 Å². The highest BCUT2D eigenvalue weighted by Gasteiger charge is 2.26.